The van der Waals surface area contributed by atoms with Crippen LogP contribution in [0.4, 0.5) is 11.9 Å². The highest BCUT2D eigenvalue weighted by molar-refractivity contribution is 5.75. The van der Waals surface area contributed by atoms with Gasteiger partial charge in [0.25, 0.3) is 0 Å². The summed E-state index contributed by atoms with van der Waals surface area (Å²) in [6.45, 7) is 9.69. The Bertz CT molecular complexity index is 913. The van der Waals surface area contributed by atoms with E-state index >= 15 is 0 Å². The Hall–Kier alpha value is -3.10. The Morgan fingerprint density at radius 2 is 1.51 bits per heavy atom. The van der Waals surface area contributed by atoms with E-state index in [4.69, 9.17) is 16.2 Å². The van der Waals surface area contributed by atoms with Gasteiger partial charge in [0.05, 0.1) is 13.2 Å². The molecular formula is C28H48N8O. The molecule has 2 aromatic rings. The van der Waals surface area contributed by atoms with E-state index in [2.05, 4.69) is 57.0 Å². The maximum atomic E-state index is 5.96. The van der Waals surface area contributed by atoms with E-state index in [0.29, 0.717) is 37.6 Å². The maximum absolute atomic E-state index is 5.96. The quantitative estimate of drug-likeness (QED) is 0.122. The highest BCUT2D eigenvalue weighted by Gasteiger charge is 2.12. The normalized spacial score (nSPS) is 10.8. The fourth-order valence-electron chi connectivity index (χ4n) is 4.09. The highest BCUT2D eigenvalue weighted by Crippen LogP contribution is 2.17. The first-order valence-corrected chi connectivity index (χ1v) is 14.1. The molecule has 0 fully saturated rings. The van der Waals surface area contributed by atoms with Gasteiger partial charge in [0.15, 0.2) is 5.96 Å². The minimum atomic E-state index is 0.0861. The van der Waals surface area contributed by atoms with Crippen molar-refractivity contribution < 1.29 is 4.74 Å². The number of unbranched alkanes of at least 4 members (excludes halogenated alkanes) is 9. The molecule has 37 heavy (non-hydrogen) atoms. The molecule has 0 saturated heterocycles. The van der Waals surface area contributed by atoms with Gasteiger partial charge in [0.1, 0.15) is 0 Å². The molecular weight excluding hydrogens is 464 g/mol. The van der Waals surface area contributed by atoms with Crippen molar-refractivity contribution in [2.24, 2.45) is 16.5 Å². The molecule has 0 aliphatic carbocycles. The zero-order valence-electron chi connectivity index (χ0n) is 23.2. The molecule has 9 heteroatoms. The second kappa shape index (κ2) is 18.2. The van der Waals surface area contributed by atoms with Gasteiger partial charge in [0, 0.05) is 19.6 Å². The van der Waals surface area contributed by atoms with Crippen molar-refractivity contribution in [2.75, 3.05) is 29.9 Å². The molecule has 1 aromatic carbocycles. The van der Waals surface area contributed by atoms with E-state index in [1.54, 1.807) is 0 Å². The number of nitrogens with two attached hydrogens (primary N) is 2. The molecule has 0 spiro atoms. The van der Waals surface area contributed by atoms with Gasteiger partial charge in [0.2, 0.25) is 11.9 Å². The summed E-state index contributed by atoms with van der Waals surface area (Å²) in [5.74, 6) is 1.22. The summed E-state index contributed by atoms with van der Waals surface area (Å²) in [5, 5.41) is 3.33. The summed E-state index contributed by atoms with van der Waals surface area (Å²) in [7, 11) is 0. The number of aliphatic imine (C=N–C) groups is 1. The molecule has 1 aromatic heterocycles. The minimum absolute atomic E-state index is 0.0861. The molecule has 0 radical (unpaired) electrons. The van der Waals surface area contributed by atoms with Crippen LogP contribution in [0.15, 0.2) is 29.3 Å². The number of aromatic nitrogens is 3. The van der Waals surface area contributed by atoms with Crippen LogP contribution in [-0.2, 0) is 13.1 Å². The molecule has 0 aliphatic heterocycles. The van der Waals surface area contributed by atoms with E-state index in [9.17, 15) is 0 Å². The lowest BCUT2D eigenvalue weighted by Gasteiger charge is -2.19. The van der Waals surface area contributed by atoms with Crippen LogP contribution in [0, 0.1) is 0 Å². The third kappa shape index (κ3) is 12.6. The topological polar surface area (TPSA) is 128 Å². The van der Waals surface area contributed by atoms with Crippen molar-refractivity contribution in [1.82, 2.24) is 15.0 Å². The maximum Gasteiger partial charge on any atom is 0.323 e. The summed E-state index contributed by atoms with van der Waals surface area (Å²) in [5.41, 5.74) is 13.0. The van der Waals surface area contributed by atoms with Crippen molar-refractivity contribution in [3.63, 3.8) is 0 Å². The number of nitrogens with one attached hydrogen (secondary N) is 1. The zero-order chi connectivity index (χ0) is 26.7. The minimum Gasteiger partial charge on any atom is -0.463 e. The number of hydrogen-bond acceptors (Lipinski definition) is 7. The van der Waals surface area contributed by atoms with Crippen LogP contribution in [0.3, 0.4) is 0 Å². The molecule has 0 atom stereocenters. The van der Waals surface area contributed by atoms with Crippen LogP contribution in [0.25, 0.3) is 0 Å². The summed E-state index contributed by atoms with van der Waals surface area (Å²) in [6.07, 6.45) is 12.9. The molecule has 0 amide bonds. The lowest BCUT2D eigenvalue weighted by Crippen LogP contribution is -2.25. The van der Waals surface area contributed by atoms with Gasteiger partial charge in [-0.2, -0.15) is 15.0 Å². The number of ether oxygens (including phenoxy) is 1. The SMILES string of the molecule is CCCCCCCCCCCCOc1nc(NCc2cccc(CN=C(N)N)c2)nc(N(CC)CC)n1. The van der Waals surface area contributed by atoms with Gasteiger partial charge >= 0.3 is 6.01 Å². The second-order valence-corrected chi connectivity index (χ2v) is 9.36. The number of nitrogens with zero attached hydrogens (tertiary/aromatic N) is 5. The van der Waals surface area contributed by atoms with Crippen molar-refractivity contribution in [1.29, 1.82) is 0 Å². The van der Waals surface area contributed by atoms with E-state index in [1.165, 1.54) is 57.8 Å². The first-order valence-electron chi connectivity index (χ1n) is 14.1. The van der Waals surface area contributed by atoms with Gasteiger partial charge in [-0.05, 0) is 31.4 Å². The summed E-state index contributed by atoms with van der Waals surface area (Å²) >= 11 is 0. The first kappa shape index (κ1) is 30.1. The number of hydrogen-bond donors (Lipinski definition) is 3. The van der Waals surface area contributed by atoms with Crippen molar-refractivity contribution in [3.8, 4) is 6.01 Å². The van der Waals surface area contributed by atoms with Crippen LogP contribution >= 0.6 is 0 Å². The molecule has 0 saturated carbocycles. The van der Waals surface area contributed by atoms with E-state index in [0.717, 1.165) is 30.6 Å². The Labute approximate surface area is 223 Å². The second-order valence-electron chi connectivity index (χ2n) is 9.36. The monoisotopic (exact) mass is 512 g/mol. The first-order chi connectivity index (χ1) is 18.0. The van der Waals surface area contributed by atoms with Crippen LogP contribution < -0.4 is 26.4 Å². The fourth-order valence-corrected chi connectivity index (χ4v) is 4.09. The summed E-state index contributed by atoms with van der Waals surface area (Å²) < 4.78 is 5.96. The van der Waals surface area contributed by atoms with Gasteiger partial charge in [-0.1, -0.05) is 89.0 Å². The summed E-state index contributed by atoms with van der Waals surface area (Å²) in [4.78, 5) is 19.9. The molecule has 206 valence electrons. The third-order valence-corrected chi connectivity index (χ3v) is 6.26. The molecule has 9 nitrogen and oxygen atoms in total. The lowest BCUT2D eigenvalue weighted by molar-refractivity contribution is 0.281. The lowest BCUT2D eigenvalue weighted by atomic mass is 10.1. The Balaban J connectivity index is 1.87. The van der Waals surface area contributed by atoms with Crippen LogP contribution in [0.1, 0.15) is 96.1 Å². The predicted molar refractivity (Wildman–Crippen MR) is 154 cm³/mol. The number of anilines is 2. The molecule has 1 heterocycles. The van der Waals surface area contributed by atoms with Crippen LogP contribution in [0.2, 0.25) is 0 Å². The highest BCUT2D eigenvalue weighted by atomic mass is 16.5. The average Bonchev–Trinajstić information content (AvgIpc) is 2.90. The Morgan fingerprint density at radius 3 is 2.16 bits per heavy atom. The van der Waals surface area contributed by atoms with E-state index < -0.39 is 0 Å². The van der Waals surface area contributed by atoms with Gasteiger partial charge in [-0.25, -0.2) is 4.99 Å². The van der Waals surface area contributed by atoms with Gasteiger partial charge in [-0.15, -0.1) is 0 Å². The van der Waals surface area contributed by atoms with E-state index in [1.807, 2.05) is 18.2 Å². The molecule has 5 N–H and O–H groups in total. The van der Waals surface area contributed by atoms with Crippen LogP contribution in [0.5, 0.6) is 6.01 Å². The predicted octanol–water partition coefficient (Wildman–Crippen LogP) is 5.40. The molecule has 0 unspecified atom stereocenters. The van der Waals surface area contributed by atoms with Crippen molar-refractivity contribution >= 4 is 17.9 Å². The Morgan fingerprint density at radius 1 is 0.865 bits per heavy atom. The van der Waals surface area contributed by atoms with Crippen molar-refractivity contribution in [3.05, 3.63) is 35.4 Å². The van der Waals surface area contributed by atoms with Crippen LogP contribution in [-0.4, -0.2) is 40.6 Å². The summed E-state index contributed by atoms with van der Waals surface area (Å²) in [6, 6.07) is 8.47. The largest absolute Gasteiger partial charge is 0.463 e. The Kier molecular flexibility index (Phi) is 14.8. The standard InChI is InChI=1S/C28H48N8O/c1-4-7-8-9-10-11-12-13-14-15-19-37-28-34-26(33-27(35-28)36(5-2)6-3)32-22-24-18-16-17-23(20-24)21-31-25(29)30/h16-18,20H,4-15,19,21-22H2,1-3H3,(H4,29,30,31)(H,32,33,34,35). The van der Waals surface area contributed by atoms with Crippen molar-refractivity contribution in [2.45, 2.75) is 98.1 Å². The smallest absolute Gasteiger partial charge is 0.323 e. The average molecular weight is 513 g/mol. The molecule has 0 bridgehead atoms. The zero-order valence-corrected chi connectivity index (χ0v) is 23.2. The third-order valence-electron chi connectivity index (χ3n) is 6.26. The van der Waals surface area contributed by atoms with Gasteiger partial charge < -0.3 is 26.4 Å². The number of benzene rings is 1. The number of guanidine groups is 1. The van der Waals surface area contributed by atoms with E-state index in [-0.39, 0.29) is 5.96 Å². The molecule has 0 aliphatic rings. The fraction of sp³-hybridized carbons (Fsp3) is 0.643. The number of rotatable bonds is 20. The van der Waals surface area contributed by atoms with Gasteiger partial charge in [-0.3, -0.25) is 0 Å². The molecule has 2 rings (SSSR count).